The van der Waals surface area contributed by atoms with Crippen LogP contribution in [0.25, 0.3) is 11.1 Å². The van der Waals surface area contributed by atoms with Crippen LogP contribution in [-0.2, 0) is 16.6 Å². The Morgan fingerprint density at radius 2 is 1.76 bits per heavy atom. The third-order valence-corrected chi connectivity index (χ3v) is 7.10. The molecule has 0 atom stereocenters. The van der Waals surface area contributed by atoms with E-state index in [0.29, 0.717) is 38.2 Å². The minimum absolute atomic E-state index is 0.122. The standard InChI is InChI=1S/C19H19N3O6S/c23-19-20-15-3-2-14(10-17(15)28-19)29(24,25)22-7-5-21(6-8-22)11-13-1-4-16-18(9-13)27-12-26-16/h1-4,9-10H,5-8,11-12H2,(H,20,23). The number of rotatable bonds is 4. The van der Waals surface area contributed by atoms with Crippen LogP contribution in [0.5, 0.6) is 11.5 Å². The molecule has 1 N–H and O–H groups in total. The molecule has 0 saturated carbocycles. The SMILES string of the molecule is O=c1[nH]c2ccc(S(=O)(=O)N3CCN(Cc4ccc5c(c4)OCO5)CC3)cc2o1. The van der Waals surface area contributed by atoms with Crippen LogP contribution in [0.2, 0.25) is 0 Å². The van der Waals surface area contributed by atoms with E-state index in [-0.39, 0.29) is 17.3 Å². The van der Waals surface area contributed by atoms with Crippen molar-refractivity contribution < 1.29 is 22.3 Å². The second-order valence-electron chi connectivity index (χ2n) is 7.04. The molecule has 29 heavy (non-hydrogen) atoms. The zero-order valence-electron chi connectivity index (χ0n) is 15.5. The van der Waals surface area contributed by atoms with Gasteiger partial charge < -0.3 is 13.9 Å². The Balaban J connectivity index is 1.27. The molecule has 9 nitrogen and oxygen atoms in total. The molecule has 1 saturated heterocycles. The van der Waals surface area contributed by atoms with E-state index in [1.807, 2.05) is 18.2 Å². The van der Waals surface area contributed by atoms with Gasteiger partial charge in [0.2, 0.25) is 16.8 Å². The van der Waals surface area contributed by atoms with Gasteiger partial charge in [0, 0.05) is 38.8 Å². The Kier molecular flexibility index (Phi) is 4.34. The van der Waals surface area contributed by atoms with Crippen LogP contribution in [0.4, 0.5) is 0 Å². The molecule has 152 valence electrons. The van der Waals surface area contributed by atoms with E-state index in [1.165, 1.54) is 16.4 Å². The summed E-state index contributed by atoms with van der Waals surface area (Å²) in [5, 5.41) is 0. The lowest BCUT2D eigenvalue weighted by Gasteiger charge is -2.34. The fourth-order valence-corrected chi connectivity index (χ4v) is 5.10. The van der Waals surface area contributed by atoms with Gasteiger partial charge in [-0.3, -0.25) is 9.88 Å². The average molecular weight is 417 g/mol. The van der Waals surface area contributed by atoms with Crippen molar-refractivity contribution in [1.82, 2.24) is 14.2 Å². The van der Waals surface area contributed by atoms with Gasteiger partial charge in [0.1, 0.15) is 0 Å². The largest absolute Gasteiger partial charge is 0.454 e. The summed E-state index contributed by atoms with van der Waals surface area (Å²) >= 11 is 0. The molecular formula is C19H19N3O6S. The first kappa shape index (κ1) is 18.2. The molecule has 2 aliphatic heterocycles. The first-order chi connectivity index (χ1) is 14.0. The number of hydrogen-bond donors (Lipinski definition) is 1. The predicted molar refractivity (Wildman–Crippen MR) is 103 cm³/mol. The van der Waals surface area contributed by atoms with Crippen LogP contribution in [0.15, 0.2) is 50.5 Å². The lowest BCUT2D eigenvalue weighted by molar-refractivity contribution is 0.173. The first-order valence-electron chi connectivity index (χ1n) is 9.23. The van der Waals surface area contributed by atoms with Crippen molar-refractivity contribution in [1.29, 1.82) is 0 Å². The molecular weight excluding hydrogens is 398 g/mol. The topological polar surface area (TPSA) is 105 Å². The van der Waals surface area contributed by atoms with Gasteiger partial charge in [-0.25, -0.2) is 13.2 Å². The zero-order chi connectivity index (χ0) is 20.0. The van der Waals surface area contributed by atoms with Crippen molar-refractivity contribution in [2.24, 2.45) is 0 Å². The molecule has 2 aromatic carbocycles. The molecule has 0 spiro atoms. The fourth-order valence-electron chi connectivity index (χ4n) is 3.66. The number of aromatic nitrogens is 1. The quantitative estimate of drug-likeness (QED) is 0.683. The molecule has 3 aromatic rings. The highest BCUT2D eigenvalue weighted by Crippen LogP contribution is 2.33. The number of nitrogens with one attached hydrogen (secondary N) is 1. The number of piperazine rings is 1. The van der Waals surface area contributed by atoms with E-state index >= 15 is 0 Å². The molecule has 10 heteroatoms. The monoisotopic (exact) mass is 417 g/mol. The zero-order valence-corrected chi connectivity index (χ0v) is 16.3. The number of aromatic amines is 1. The Bertz CT molecular complexity index is 1220. The van der Waals surface area contributed by atoms with Crippen LogP contribution in [0, 0.1) is 0 Å². The van der Waals surface area contributed by atoms with E-state index < -0.39 is 15.8 Å². The maximum Gasteiger partial charge on any atom is 0.417 e. The van der Waals surface area contributed by atoms with Crippen LogP contribution in [0.3, 0.4) is 0 Å². The molecule has 0 unspecified atom stereocenters. The fraction of sp³-hybridized carbons (Fsp3) is 0.316. The van der Waals surface area contributed by atoms with Gasteiger partial charge in [0.15, 0.2) is 17.1 Å². The van der Waals surface area contributed by atoms with E-state index in [0.717, 1.165) is 17.1 Å². The molecule has 1 fully saturated rings. The molecule has 0 radical (unpaired) electrons. The molecule has 1 aromatic heterocycles. The molecule has 2 aliphatic rings. The third-order valence-electron chi connectivity index (χ3n) is 5.20. The van der Waals surface area contributed by atoms with Crippen LogP contribution >= 0.6 is 0 Å². The van der Waals surface area contributed by atoms with Gasteiger partial charge in [-0.1, -0.05) is 6.07 Å². The summed E-state index contributed by atoms with van der Waals surface area (Å²) in [6.07, 6.45) is 0. The number of benzene rings is 2. The summed E-state index contributed by atoms with van der Waals surface area (Å²) in [5.74, 6) is 0.891. The van der Waals surface area contributed by atoms with Gasteiger partial charge in [-0.05, 0) is 29.8 Å². The predicted octanol–water partition coefficient (Wildman–Crippen LogP) is 1.36. The number of hydrogen-bond acceptors (Lipinski definition) is 7. The van der Waals surface area contributed by atoms with Gasteiger partial charge in [0.05, 0.1) is 10.4 Å². The summed E-state index contributed by atoms with van der Waals surface area (Å²) < 4.78 is 43.2. The molecule has 3 heterocycles. The highest BCUT2D eigenvalue weighted by atomic mass is 32.2. The van der Waals surface area contributed by atoms with Crippen molar-refractivity contribution in [3.05, 3.63) is 52.5 Å². The Labute approximate surface area is 166 Å². The van der Waals surface area contributed by atoms with Crippen molar-refractivity contribution in [3.8, 4) is 11.5 Å². The van der Waals surface area contributed by atoms with E-state index in [2.05, 4.69) is 9.88 Å². The van der Waals surface area contributed by atoms with Crippen LogP contribution in [-0.4, -0.2) is 55.6 Å². The van der Waals surface area contributed by atoms with Crippen molar-refractivity contribution in [2.75, 3.05) is 33.0 Å². The minimum atomic E-state index is -3.65. The average Bonchev–Trinajstić information content (AvgIpc) is 3.32. The maximum atomic E-state index is 13.0. The molecule has 0 bridgehead atoms. The smallest absolute Gasteiger partial charge is 0.417 e. The number of nitrogens with zero attached hydrogens (tertiary/aromatic N) is 2. The van der Waals surface area contributed by atoms with Crippen molar-refractivity contribution in [3.63, 3.8) is 0 Å². The third kappa shape index (κ3) is 3.39. The number of ether oxygens (including phenoxy) is 2. The van der Waals surface area contributed by atoms with Gasteiger partial charge in [0.25, 0.3) is 0 Å². The summed E-state index contributed by atoms with van der Waals surface area (Å²) in [6, 6.07) is 10.3. The minimum Gasteiger partial charge on any atom is -0.454 e. The molecule has 0 amide bonds. The lowest BCUT2D eigenvalue weighted by atomic mass is 10.2. The lowest BCUT2D eigenvalue weighted by Crippen LogP contribution is -2.48. The van der Waals surface area contributed by atoms with E-state index in [4.69, 9.17) is 13.9 Å². The highest BCUT2D eigenvalue weighted by Gasteiger charge is 2.29. The molecule has 0 aliphatic carbocycles. The summed E-state index contributed by atoms with van der Waals surface area (Å²) in [6.45, 7) is 2.98. The van der Waals surface area contributed by atoms with Crippen molar-refractivity contribution in [2.45, 2.75) is 11.4 Å². The van der Waals surface area contributed by atoms with Crippen molar-refractivity contribution >= 4 is 21.1 Å². The number of oxazole rings is 1. The van der Waals surface area contributed by atoms with E-state index in [1.54, 1.807) is 6.07 Å². The summed E-state index contributed by atoms with van der Waals surface area (Å²) in [4.78, 5) is 16.1. The van der Waals surface area contributed by atoms with Gasteiger partial charge >= 0.3 is 5.76 Å². The first-order valence-corrected chi connectivity index (χ1v) is 10.7. The number of sulfonamides is 1. The Morgan fingerprint density at radius 1 is 0.966 bits per heavy atom. The Morgan fingerprint density at radius 3 is 2.59 bits per heavy atom. The van der Waals surface area contributed by atoms with Crippen LogP contribution < -0.4 is 15.2 Å². The second kappa shape index (κ2) is 6.90. The second-order valence-corrected chi connectivity index (χ2v) is 8.98. The van der Waals surface area contributed by atoms with E-state index in [9.17, 15) is 13.2 Å². The van der Waals surface area contributed by atoms with Crippen LogP contribution in [0.1, 0.15) is 5.56 Å². The highest BCUT2D eigenvalue weighted by molar-refractivity contribution is 7.89. The molecule has 5 rings (SSSR count). The van der Waals surface area contributed by atoms with Gasteiger partial charge in [-0.15, -0.1) is 0 Å². The maximum absolute atomic E-state index is 13.0. The summed E-state index contributed by atoms with van der Waals surface area (Å²) in [7, 11) is -3.65. The Hall–Kier alpha value is -2.82. The normalized spacial score (nSPS) is 17.8. The number of fused-ring (bicyclic) bond motifs is 2. The number of H-pyrrole nitrogens is 1. The summed E-state index contributed by atoms with van der Waals surface area (Å²) in [5.41, 5.74) is 1.80. The van der Waals surface area contributed by atoms with Gasteiger partial charge in [-0.2, -0.15) is 4.31 Å².